The predicted octanol–water partition coefficient (Wildman–Crippen LogP) is 0.858. The second kappa shape index (κ2) is 6.17. The summed E-state index contributed by atoms with van der Waals surface area (Å²) in [6, 6.07) is 0. The molecule has 1 aromatic rings. The molecule has 1 aromatic heterocycles. The zero-order valence-electron chi connectivity index (χ0n) is 10.2. The average molecular weight is 274 g/mol. The van der Waals surface area contributed by atoms with Crippen LogP contribution in [0.15, 0.2) is 0 Å². The highest BCUT2D eigenvalue weighted by Crippen LogP contribution is 2.31. The molecule has 0 amide bonds. The minimum absolute atomic E-state index is 0.115. The molecular formula is C11H16ClN3O3. The van der Waals surface area contributed by atoms with E-state index < -0.39 is 0 Å². The molecule has 18 heavy (non-hydrogen) atoms. The SMILES string of the molecule is CCOc1c(CO)nc(Cl)nc1N1CCOCC1. The molecule has 1 saturated heterocycles. The number of hydrogen-bond acceptors (Lipinski definition) is 6. The molecule has 1 N–H and O–H groups in total. The highest BCUT2D eigenvalue weighted by molar-refractivity contribution is 6.28. The standard InChI is InChI=1S/C11H16ClN3O3/c1-2-18-9-8(7-16)13-11(12)14-10(9)15-3-5-17-6-4-15/h16H,2-7H2,1H3. The van der Waals surface area contributed by atoms with Crippen LogP contribution in [0.25, 0.3) is 0 Å². The summed E-state index contributed by atoms with van der Waals surface area (Å²) in [7, 11) is 0. The summed E-state index contributed by atoms with van der Waals surface area (Å²) in [5.74, 6) is 1.13. The summed E-state index contributed by atoms with van der Waals surface area (Å²) >= 11 is 5.87. The van der Waals surface area contributed by atoms with E-state index in [9.17, 15) is 5.11 Å². The number of aliphatic hydroxyl groups is 1. The third kappa shape index (κ3) is 2.82. The fraction of sp³-hybridized carbons (Fsp3) is 0.636. The molecule has 0 atom stereocenters. The molecule has 0 bridgehead atoms. The molecule has 0 aliphatic carbocycles. The van der Waals surface area contributed by atoms with Gasteiger partial charge in [-0.25, -0.2) is 4.98 Å². The number of rotatable bonds is 4. The maximum atomic E-state index is 9.32. The van der Waals surface area contributed by atoms with E-state index in [0.29, 0.717) is 37.1 Å². The van der Waals surface area contributed by atoms with Crippen molar-refractivity contribution in [3.63, 3.8) is 0 Å². The third-order valence-electron chi connectivity index (χ3n) is 2.64. The normalized spacial score (nSPS) is 15.8. The predicted molar refractivity (Wildman–Crippen MR) is 67.2 cm³/mol. The summed E-state index contributed by atoms with van der Waals surface area (Å²) in [4.78, 5) is 10.2. The summed E-state index contributed by atoms with van der Waals surface area (Å²) in [5.41, 5.74) is 0.415. The maximum absolute atomic E-state index is 9.32. The Morgan fingerprint density at radius 1 is 1.39 bits per heavy atom. The van der Waals surface area contributed by atoms with Gasteiger partial charge >= 0.3 is 0 Å². The van der Waals surface area contributed by atoms with Gasteiger partial charge in [-0.1, -0.05) is 0 Å². The van der Waals surface area contributed by atoms with Crippen molar-refractivity contribution in [3.8, 4) is 5.75 Å². The van der Waals surface area contributed by atoms with Gasteiger partial charge in [-0.3, -0.25) is 0 Å². The van der Waals surface area contributed by atoms with Crippen molar-refractivity contribution in [3.05, 3.63) is 11.0 Å². The molecule has 2 heterocycles. The Morgan fingerprint density at radius 3 is 2.72 bits per heavy atom. The fourth-order valence-electron chi connectivity index (χ4n) is 1.84. The van der Waals surface area contributed by atoms with Gasteiger partial charge in [0, 0.05) is 13.1 Å². The minimum Gasteiger partial charge on any atom is -0.488 e. The smallest absolute Gasteiger partial charge is 0.224 e. The molecule has 0 saturated carbocycles. The average Bonchev–Trinajstić information content (AvgIpc) is 2.41. The molecule has 100 valence electrons. The lowest BCUT2D eigenvalue weighted by molar-refractivity contribution is 0.122. The second-order valence-corrected chi connectivity index (χ2v) is 4.12. The highest BCUT2D eigenvalue weighted by atomic mass is 35.5. The first-order valence-electron chi connectivity index (χ1n) is 5.89. The van der Waals surface area contributed by atoms with E-state index in [1.807, 2.05) is 11.8 Å². The lowest BCUT2D eigenvalue weighted by atomic mass is 10.3. The van der Waals surface area contributed by atoms with Gasteiger partial charge in [0.05, 0.1) is 26.4 Å². The number of aromatic nitrogens is 2. The van der Waals surface area contributed by atoms with Crippen LogP contribution in [-0.2, 0) is 11.3 Å². The van der Waals surface area contributed by atoms with E-state index in [0.717, 1.165) is 13.1 Å². The quantitative estimate of drug-likeness (QED) is 0.821. The Morgan fingerprint density at radius 2 is 2.11 bits per heavy atom. The van der Waals surface area contributed by atoms with Crippen LogP contribution >= 0.6 is 11.6 Å². The van der Waals surface area contributed by atoms with Crippen LogP contribution in [0.2, 0.25) is 5.28 Å². The molecule has 1 aliphatic heterocycles. The van der Waals surface area contributed by atoms with Crippen LogP contribution in [0.4, 0.5) is 5.82 Å². The Balaban J connectivity index is 2.38. The van der Waals surface area contributed by atoms with Crippen LogP contribution in [0, 0.1) is 0 Å². The van der Waals surface area contributed by atoms with Crippen molar-refractivity contribution in [1.82, 2.24) is 9.97 Å². The summed E-state index contributed by atoms with van der Waals surface area (Å²) < 4.78 is 10.8. The number of morpholine rings is 1. The van der Waals surface area contributed by atoms with E-state index >= 15 is 0 Å². The molecule has 0 radical (unpaired) electrons. The topological polar surface area (TPSA) is 67.7 Å². The lowest BCUT2D eigenvalue weighted by Crippen LogP contribution is -2.37. The molecule has 7 heteroatoms. The van der Waals surface area contributed by atoms with Crippen molar-refractivity contribution >= 4 is 17.4 Å². The van der Waals surface area contributed by atoms with E-state index in [2.05, 4.69) is 9.97 Å². The first-order valence-corrected chi connectivity index (χ1v) is 6.26. The van der Waals surface area contributed by atoms with Gasteiger partial charge in [-0.05, 0) is 18.5 Å². The number of anilines is 1. The summed E-state index contributed by atoms with van der Waals surface area (Å²) in [6.45, 7) is 4.85. The number of hydrogen-bond donors (Lipinski definition) is 1. The highest BCUT2D eigenvalue weighted by Gasteiger charge is 2.21. The first kappa shape index (κ1) is 13.3. The van der Waals surface area contributed by atoms with Gasteiger partial charge in [0.25, 0.3) is 0 Å². The number of halogens is 1. The largest absolute Gasteiger partial charge is 0.488 e. The molecule has 0 unspecified atom stereocenters. The van der Waals surface area contributed by atoms with E-state index in [4.69, 9.17) is 21.1 Å². The van der Waals surface area contributed by atoms with Crippen molar-refractivity contribution in [1.29, 1.82) is 0 Å². The van der Waals surface area contributed by atoms with E-state index in [-0.39, 0.29) is 11.9 Å². The van der Waals surface area contributed by atoms with Crippen LogP contribution in [0.1, 0.15) is 12.6 Å². The van der Waals surface area contributed by atoms with E-state index in [1.54, 1.807) is 0 Å². The van der Waals surface area contributed by atoms with Crippen molar-refractivity contribution < 1.29 is 14.6 Å². The van der Waals surface area contributed by atoms with Gasteiger partial charge in [0.15, 0.2) is 11.6 Å². The first-order chi connectivity index (χ1) is 8.76. The van der Waals surface area contributed by atoms with Crippen LogP contribution in [0.3, 0.4) is 0 Å². The molecule has 1 fully saturated rings. The minimum atomic E-state index is -0.227. The number of ether oxygens (including phenoxy) is 2. The molecular weight excluding hydrogens is 258 g/mol. The molecule has 1 aliphatic rings. The zero-order chi connectivity index (χ0) is 13.0. The Bertz CT molecular complexity index is 411. The van der Waals surface area contributed by atoms with Gasteiger partial charge in [-0.15, -0.1) is 0 Å². The fourth-order valence-corrected chi connectivity index (χ4v) is 2.03. The second-order valence-electron chi connectivity index (χ2n) is 3.78. The van der Waals surface area contributed by atoms with Crippen LogP contribution in [0.5, 0.6) is 5.75 Å². The molecule has 0 spiro atoms. The van der Waals surface area contributed by atoms with Gasteiger partial charge < -0.3 is 19.5 Å². The van der Waals surface area contributed by atoms with E-state index in [1.165, 1.54) is 0 Å². The van der Waals surface area contributed by atoms with Crippen molar-refractivity contribution in [2.75, 3.05) is 37.8 Å². The Hall–Kier alpha value is -1.11. The molecule has 2 rings (SSSR count). The Kier molecular flexibility index (Phi) is 4.57. The van der Waals surface area contributed by atoms with Gasteiger partial charge in [0.1, 0.15) is 5.69 Å². The van der Waals surface area contributed by atoms with Crippen LogP contribution < -0.4 is 9.64 Å². The Labute approximate surface area is 111 Å². The number of nitrogens with zero attached hydrogens (tertiary/aromatic N) is 3. The van der Waals surface area contributed by atoms with Gasteiger partial charge in [-0.2, -0.15) is 4.98 Å². The van der Waals surface area contributed by atoms with Crippen molar-refractivity contribution in [2.24, 2.45) is 0 Å². The third-order valence-corrected chi connectivity index (χ3v) is 2.81. The maximum Gasteiger partial charge on any atom is 0.224 e. The summed E-state index contributed by atoms with van der Waals surface area (Å²) in [5, 5.41) is 9.44. The van der Waals surface area contributed by atoms with Crippen LogP contribution in [-0.4, -0.2) is 48.0 Å². The lowest BCUT2D eigenvalue weighted by Gasteiger charge is -2.29. The van der Waals surface area contributed by atoms with Gasteiger partial charge in [0.2, 0.25) is 5.28 Å². The molecule has 6 nitrogen and oxygen atoms in total. The van der Waals surface area contributed by atoms with Crippen molar-refractivity contribution in [2.45, 2.75) is 13.5 Å². The zero-order valence-corrected chi connectivity index (χ0v) is 11.0. The molecule has 0 aromatic carbocycles. The monoisotopic (exact) mass is 273 g/mol. The summed E-state index contributed by atoms with van der Waals surface area (Å²) in [6.07, 6.45) is 0. The number of aliphatic hydroxyl groups excluding tert-OH is 1.